The summed E-state index contributed by atoms with van der Waals surface area (Å²) < 4.78 is 21.5. The number of thioether (sulfide) groups is 1. The average Bonchev–Trinajstić information content (AvgIpc) is 3.24. The fraction of sp³-hybridized carbons (Fsp3) is 0.480. The normalized spacial score (nSPS) is 17.0. The van der Waals surface area contributed by atoms with Crippen LogP contribution >= 0.6 is 11.8 Å². The molecule has 1 N–H and O–H groups in total. The van der Waals surface area contributed by atoms with Crippen molar-refractivity contribution >= 4 is 28.8 Å². The number of carbonyl (C=O) groups is 2. The molecule has 1 aromatic rings. The third-order valence-corrected chi connectivity index (χ3v) is 6.58. The fourth-order valence-corrected chi connectivity index (χ4v) is 4.87. The third-order valence-electron chi connectivity index (χ3n) is 5.69. The highest BCUT2D eigenvalue weighted by molar-refractivity contribution is 8.16. The molecule has 196 valence electrons. The van der Waals surface area contributed by atoms with E-state index in [1.807, 2.05) is 41.4 Å². The predicted molar refractivity (Wildman–Crippen MR) is 139 cm³/mol. The third kappa shape index (κ3) is 6.40. The van der Waals surface area contributed by atoms with Gasteiger partial charge in [0.15, 0.2) is 16.7 Å². The number of allylic oxidation sites excluding steroid dienone is 1. The van der Waals surface area contributed by atoms with E-state index in [1.165, 1.54) is 11.8 Å². The first-order valence-electron chi connectivity index (χ1n) is 11.5. The first kappa shape index (κ1) is 27.6. The molecule has 2 aliphatic rings. The van der Waals surface area contributed by atoms with Gasteiger partial charge in [0.1, 0.15) is 6.61 Å². The first-order chi connectivity index (χ1) is 17.3. The van der Waals surface area contributed by atoms with Crippen LogP contribution in [0.25, 0.3) is 0 Å². The number of carbonyl (C=O) groups excluding carboxylic acids is 2. The van der Waals surface area contributed by atoms with Crippen molar-refractivity contribution in [3.8, 4) is 11.5 Å². The largest absolute Gasteiger partial charge is 0.493 e. The summed E-state index contributed by atoms with van der Waals surface area (Å²) in [6, 6.07) is 4.94. The lowest BCUT2D eigenvalue weighted by atomic mass is 9.93. The maximum absolute atomic E-state index is 13.3. The highest BCUT2D eigenvalue weighted by Crippen LogP contribution is 2.46. The van der Waals surface area contributed by atoms with Crippen LogP contribution in [0.1, 0.15) is 24.9 Å². The number of aliphatic imine (C=N–C) groups is 1. The minimum Gasteiger partial charge on any atom is -0.493 e. The Morgan fingerprint density at radius 3 is 2.56 bits per heavy atom. The number of ether oxygens (including phenoxy) is 4. The van der Waals surface area contributed by atoms with Crippen LogP contribution < -0.4 is 14.8 Å². The van der Waals surface area contributed by atoms with Crippen molar-refractivity contribution in [2.45, 2.75) is 19.4 Å². The summed E-state index contributed by atoms with van der Waals surface area (Å²) in [7, 11) is 8.58. The SMILES string of the molecule is COCCOC(=O)C1=C(C)N=C2SC=C(CC(=O)NCCN(C)C)N2C1c1ccc(OC)c(OC)c1. The number of fused-ring (bicyclic) bond motifs is 1. The zero-order chi connectivity index (χ0) is 26.2. The standard InChI is InChI=1S/C25H34N4O6S/c1-16-22(24(31)35-12-11-32-4)23(17-7-8-19(33-5)20(13-17)34-6)29-18(15-36-25(29)27-16)14-21(30)26-9-10-28(2)3/h7-8,13,15,23H,9-12,14H2,1-6H3,(H,26,30). The van der Waals surface area contributed by atoms with Crippen LogP contribution in [-0.2, 0) is 19.1 Å². The van der Waals surface area contributed by atoms with Crippen LogP contribution in [0.3, 0.4) is 0 Å². The zero-order valence-corrected chi connectivity index (χ0v) is 22.4. The Hall–Kier alpha value is -3.02. The van der Waals surface area contributed by atoms with Gasteiger partial charge in [-0.05, 0) is 44.1 Å². The van der Waals surface area contributed by atoms with E-state index in [-0.39, 0.29) is 25.5 Å². The van der Waals surface area contributed by atoms with Crippen molar-refractivity contribution in [1.82, 2.24) is 15.1 Å². The molecule has 3 rings (SSSR count). The van der Waals surface area contributed by atoms with Gasteiger partial charge in [-0.1, -0.05) is 17.8 Å². The van der Waals surface area contributed by atoms with E-state index in [4.69, 9.17) is 18.9 Å². The Morgan fingerprint density at radius 2 is 1.89 bits per heavy atom. The van der Waals surface area contributed by atoms with Crippen molar-refractivity contribution in [3.05, 3.63) is 46.1 Å². The van der Waals surface area contributed by atoms with Gasteiger partial charge in [0.25, 0.3) is 0 Å². The van der Waals surface area contributed by atoms with Gasteiger partial charge in [-0.15, -0.1) is 0 Å². The van der Waals surface area contributed by atoms with Gasteiger partial charge in [-0.2, -0.15) is 0 Å². The second-order valence-corrected chi connectivity index (χ2v) is 9.30. The molecule has 0 aliphatic carbocycles. The molecule has 0 radical (unpaired) electrons. The number of likely N-dealkylation sites (N-methyl/N-ethyl adjacent to an activating group) is 1. The molecule has 2 aliphatic heterocycles. The van der Waals surface area contributed by atoms with Gasteiger partial charge in [0.2, 0.25) is 5.91 Å². The highest BCUT2D eigenvalue weighted by atomic mass is 32.2. The number of hydrogen-bond acceptors (Lipinski definition) is 10. The number of hydrogen-bond donors (Lipinski definition) is 1. The van der Waals surface area contributed by atoms with E-state index in [0.717, 1.165) is 17.8 Å². The first-order valence-corrected chi connectivity index (χ1v) is 12.4. The second kappa shape index (κ2) is 12.8. The van der Waals surface area contributed by atoms with E-state index < -0.39 is 12.0 Å². The number of methoxy groups -OCH3 is 3. The molecule has 36 heavy (non-hydrogen) atoms. The average molecular weight is 519 g/mol. The molecule has 1 atom stereocenters. The fourth-order valence-electron chi connectivity index (χ4n) is 3.91. The molecular formula is C25H34N4O6S. The van der Waals surface area contributed by atoms with Crippen molar-refractivity contribution in [2.24, 2.45) is 4.99 Å². The number of esters is 1. The van der Waals surface area contributed by atoms with Gasteiger partial charge in [0, 0.05) is 25.9 Å². The maximum atomic E-state index is 13.3. The van der Waals surface area contributed by atoms with E-state index >= 15 is 0 Å². The predicted octanol–water partition coefficient (Wildman–Crippen LogP) is 2.54. The number of benzene rings is 1. The minimum absolute atomic E-state index is 0.105. The molecule has 1 unspecified atom stereocenters. The molecule has 0 saturated carbocycles. The lowest BCUT2D eigenvalue weighted by molar-refractivity contribution is -0.141. The minimum atomic E-state index is -0.567. The molecule has 0 fully saturated rings. The molecule has 2 heterocycles. The summed E-state index contributed by atoms with van der Waals surface area (Å²) in [5, 5.41) is 5.55. The van der Waals surface area contributed by atoms with Crippen LogP contribution in [0, 0.1) is 0 Å². The summed E-state index contributed by atoms with van der Waals surface area (Å²) in [6.45, 7) is 3.47. The Labute approximate surface area is 216 Å². The molecule has 1 aromatic carbocycles. The summed E-state index contributed by atoms with van der Waals surface area (Å²) in [4.78, 5) is 34.6. The number of nitrogens with one attached hydrogen (secondary N) is 1. The molecule has 0 bridgehead atoms. The number of nitrogens with zero attached hydrogens (tertiary/aromatic N) is 3. The van der Waals surface area contributed by atoms with E-state index in [9.17, 15) is 9.59 Å². The van der Waals surface area contributed by atoms with Gasteiger partial charge >= 0.3 is 5.97 Å². The molecule has 10 nitrogen and oxygen atoms in total. The Morgan fingerprint density at radius 1 is 1.14 bits per heavy atom. The Bertz CT molecular complexity index is 1070. The molecular weight excluding hydrogens is 484 g/mol. The van der Waals surface area contributed by atoms with Crippen molar-refractivity contribution in [3.63, 3.8) is 0 Å². The van der Waals surface area contributed by atoms with Gasteiger partial charge in [0.05, 0.1) is 44.6 Å². The van der Waals surface area contributed by atoms with Crippen molar-refractivity contribution < 1.29 is 28.5 Å². The van der Waals surface area contributed by atoms with Crippen LogP contribution in [-0.4, -0.2) is 88.6 Å². The summed E-state index contributed by atoms with van der Waals surface area (Å²) in [6.07, 6.45) is 0.147. The molecule has 11 heteroatoms. The second-order valence-electron chi connectivity index (χ2n) is 8.47. The summed E-state index contributed by atoms with van der Waals surface area (Å²) in [5.41, 5.74) is 2.47. The molecule has 0 aromatic heterocycles. The quantitative estimate of drug-likeness (QED) is 0.330. The van der Waals surface area contributed by atoms with Crippen LogP contribution in [0.4, 0.5) is 0 Å². The lowest BCUT2D eigenvalue weighted by Gasteiger charge is -2.36. The van der Waals surface area contributed by atoms with Crippen LogP contribution in [0.2, 0.25) is 0 Å². The van der Waals surface area contributed by atoms with Gasteiger partial charge in [-0.25, -0.2) is 9.79 Å². The van der Waals surface area contributed by atoms with Crippen molar-refractivity contribution in [1.29, 1.82) is 0 Å². The Balaban J connectivity index is 1.97. The van der Waals surface area contributed by atoms with E-state index in [2.05, 4.69) is 10.3 Å². The number of rotatable bonds is 12. The number of amides is 1. The maximum Gasteiger partial charge on any atom is 0.338 e. The highest BCUT2D eigenvalue weighted by Gasteiger charge is 2.41. The smallest absolute Gasteiger partial charge is 0.338 e. The van der Waals surface area contributed by atoms with Crippen LogP contribution in [0.15, 0.2) is 45.6 Å². The molecule has 0 spiro atoms. The zero-order valence-electron chi connectivity index (χ0n) is 21.6. The summed E-state index contributed by atoms with van der Waals surface area (Å²) >= 11 is 1.42. The molecule has 1 amide bonds. The topological polar surface area (TPSA) is 102 Å². The number of amidine groups is 1. The molecule has 0 saturated heterocycles. The summed E-state index contributed by atoms with van der Waals surface area (Å²) in [5.74, 6) is 0.510. The monoisotopic (exact) mass is 518 g/mol. The van der Waals surface area contributed by atoms with E-state index in [0.29, 0.717) is 34.5 Å². The van der Waals surface area contributed by atoms with Crippen LogP contribution in [0.5, 0.6) is 11.5 Å². The van der Waals surface area contributed by atoms with Crippen molar-refractivity contribution in [2.75, 3.05) is 61.7 Å². The lowest BCUT2D eigenvalue weighted by Crippen LogP contribution is -2.38. The Kier molecular flexibility index (Phi) is 9.80. The van der Waals surface area contributed by atoms with E-state index in [1.54, 1.807) is 34.3 Å². The van der Waals surface area contributed by atoms with Gasteiger partial charge in [-0.3, -0.25) is 4.79 Å². The van der Waals surface area contributed by atoms with Gasteiger partial charge < -0.3 is 34.1 Å².